The van der Waals surface area contributed by atoms with Crippen LogP contribution in [0.4, 0.5) is 36.7 Å². The van der Waals surface area contributed by atoms with Crippen molar-refractivity contribution >= 4 is 25.3 Å². The maximum atomic E-state index is 9.87. The van der Waals surface area contributed by atoms with Crippen LogP contribution in [-0.2, 0) is 4.84 Å². The summed E-state index contributed by atoms with van der Waals surface area (Å²) >= 11 is 0. The van der Waals surface area contributed by atoms with E-state index >= 15 is 0 Å². The van der Waals surface area contributed by atoms with E-state index in [4.69, 9.17) is 4.84 Å². The quantitative estimate of drug-likeness (QED) is 0.255. The van der Waals surface area contributed by atoms with Crippen LogP contribution < -0.4 is 10.9 Å². The van der Waals surface area contributed by atoms with Crippen LogP contribution in [0.15, 0.2) is 18.3 Å². The van der Waals surface area contributed by atoms with Crippen molar-refractivity contribution in [3.8, 4) is 0 Å². The molecule has 1 aromatic rings. The molecule has 0 amide bonds. The van der Waals surface area contributed by atoms with Crippen LogP contribution in [0.5, 0.6) is 0 Å². The maximum absolute atomic E-state index is 10.7. The van der Waals surface area contributed by atoms with Gasteiger partial charge in [0.15, 0.2) is 5.82 Å². The molecule has 140 valence electrons. The summed E-state index contributed by atoms with van der Waals surface area (Å²) in [7, 11) is -3.00. The molecule has 0 fully saturated rings. The van der Waals surface area contributed by atoms with Crippen LogP contribution in [0.2, 0.25) is 0 Å². The van der Waals surface area contributed by atoms with Gasteiger partial charge in [-0.25, -0.2) is 19.9 Å². The summed E-state index contributed by atoms with van der Waals surface area (Å²) in [6, 6.07) is 4.47. The number of amidine groups is 1. The van der Waals surface area contributed by atoms with Gasteiger partial charge in [0.2, 0.25) is 0 Å². The molecule has 2 N–H and O–H groups in total. The molecule has 2 heterocycles. The number of hydrogen-bond donors (Lipinski definition) is 2. The van der Waals surface area contributed by atoms with Crippen molar-refractivity contribution in [1.82, 2.24) is 15.2 Å². The average Bonchev–Trinajstić information content (AvgIpc) is 2.73. The topological polar surface area (TPSA) is 55.7 Å². The molecule has 24 heavy (non-hydrogen) atoms. The van der Waals surface area contributed by atoms with Gasteiger partial charge in [-0.15, -0.1) is 0 Å². The molecule has 2 rings (SSSR count). The molecular formula is C10H17F6N6OP. The molecule has 0 saturated carbocycles. The summed E-state index contributed by atoms with van der Waals surface area (Å²) in [5.41, 5.74) is 6.91. The molecule has 0 aliphatic carbocycles. The van der Waals surface area contributed by atoms with E-state index in [1.54, 1.807) is 6.20 Å². The van der Waals surface area contributed by atoms with Gasteiger partial charge in [-0.1, -0.05) is 0 Å². The molecule has 14 heteroatoms. The number of pyridine rings is 1. The van der Waals surface area contributed by atoms with Crippen molar-refractivity contribution in [2.45, 2.75) is 0 Å². The Morgan fingerprint density at radius 2 is 1.71 bits per heavy atom. The van der Waals surface area contributed by atoms with Gasteiger partial charge in [-0.05, 0) is 12.1 Å². The third-order valence-corrected chi connectivity index (χ3v) is 2.18. The number of nitrogens with one attached hydrogen (secondary N) is 2. The summed E-state index contributed by atoms with van der Waals surface area (Å²) in [6.07, 6.45) is 1.72. The third kappa shape index (κ3) is 8.58. The number of halogens is 6. The molecule has 0 unspecified atom stereocenters. The molecule has 1 aromatic heterocycles. The summed E-state index contributed by atoms with van der Waals surface area (Å²) in [5.74, 6) is 0.740. The number of anilines is 2. The van der Waals surface area contributed by atoms with Crippen LogP contribution in [0.3, 0.4) is 0 Å². The zero-order chi connectivity index (χ0) is 18.8. The predicted octanol–water partition coefficient (Wildman–Crippen LogP) is 3.55. The second-order valence-corrected chi connectivity index (χ2v) is 6.96. The number of rotatable bonds is 1. The van der Waals surface area contributed by atoms with Crippen LogP contribution in [0.1, 0.15) is 0 Å². The van der Waals surface area contributed by atoms with E-state index in [-0.39, 0.29) is 0 Å². The van der Waals surface area contributed by atoms with Gasteiger partial charge in [0.25, 0.3) is 0 Å². The Balaban J connectivity index is 0.000000351. The number of fused-ring (bicyclic) bond motifs is 1. The van der Waals surface area contributed by atoms with E-state index in [1.165, 1.54) is 5.28 Å². The standard InChI is InChI=1S/C10H17N6O.F6P/c1-14(2)10(15(3)4)17-16-12-8-6-5-7-11-9(8)13-16;1-7(2,3,4,5)6/h5-7,12H,1-4H3,(H,11,13);/q+1;-1. The van der Waals surface area contributed by atoms with Crippen LogP contribution in [0.25, 0.3) is 0 Å². The monoisotopic (exact) mass is 382 g/mol. The Hall–Kier alpha value is -2.01. The van der Waals surface area contributed by atoms with E-state index < -0.39 is 7.81 Å². The molecule has 1 aliphatic heterocycles. The molecule has 0 bridgehead atoms. The van der Waals surface area contributed by atoms with Gasteiger partial charge in [-0.2, -0.15) is 0 Å². The van der Waals surface area contributed by atoms with Crippen LogP contribution in [-0.4, -0.2) is 54.0 Å². The van der Waals surface area contributed by atoms with E-state index in [0.29, 0.717) is 6.02 Å². The van der Waals surface area contributed by atoms with Gasteiger partial charge in [-0.3, -0.25) is 10.3 Å². The van der Waals surface area contributed by atoms with Crippen LogP contribution >= 0.6 is 7.81 Å². The normalized spacial score (nSPS) is 16.2. The number of hydrogen-bond acceptors (Lipinski definition) is 5. The van der Waals surface area contributed by atoms with Crippen molar-refractivity contribution in [3.05, 3.63) is 18.3 Å². The first-order valence-corrected chi connectivity index (χ1v) is 8.30. The molecule has 0 atom stereocenters. The predicted molar refractivity (Wildman–Crippen MR) is 78.8 cm³/mol. The second kappa shape index (κ2) is 5.81. The Morgan fingerprint density at radius 3 is 2.12 bits per heavy atom. The van der Waals surface area contributed by atoms with Crippen molar-refractivity contribution in [2.24, 2.45) is 0 Å². The average molecular weight is 382 g/mol. The number of nitrogens with zero attached hydrogens (tertiary/aromatic N) is 4. The Kier molecular flexibility index (Phi) is 4.85. The fraction of sp³-hybridized carbons (Fsp3) is 0.400. The summed E-state index contributed by atoms with van der Waals surface area (Å²) < 4.78 is 61.1. The summed E-state index contributed by atoms with van der Waals surface area (Å²) in [6.45, 7) is 0. The SMILES string of the molecule is CN(C)C(ON1Nc2cccnc2N1)=[N+](C)C.F[P-](F)(F)(F)(F)F. The summed E-state index contributed by atoms with van der Waals surface area (Å²) in [5, 5.41) is 1.42. The number of hydrazine groups is 2. The minimum atomic E-state index is -10.7. The van der Waals surface area contributed by atoms with E-state index in [0.717, 1.165) is 11.5 Å². The van der Waals surface area contributed by atoms with Crippen molar-refractivity contribution in [3.63, 3.8) is 0 Å². The van der Waals surface area contributed by atoms with Gasteiger partial charge < -0.3 is 0 Å². The van der Waals surface area contributed by atoms with Gasteiger partial charge >= 0.3 is 39.0 Å². The van der Waals surface area contributed by atoms with Crippen molar-refractivity contribution in [2.75, 3.05) is 39.0 Å². The van der Waals surface area contributed by atoms with Gasteiger partial charge in [0.05, 0.1) is 39.2 Å². The fourth-order valence-electron chi connectivity index (χ4n) is 1.51. The minimum absolute atomic E-state index is 0.692. The van der Waals surface area contributed by atoms with Gasteiger partial charge in [0.1, 0.15) is 0 Å². The molecule has 7 nitrogen and oxygen atoms in total. The Labute approximate surface area is 133 Å². The van der Waals surface area contributed by atoms with E-state index in [1.807, 2.05) is 49.8 Å². The fourth-order valence-corrected chi connectivity index (χ4v) is 1.51. The Bertz CT molecular complexity index is 593. The Morgan fingerprint density at radius 1 is 1.17 bits per heavy atom. The van der Waals surface area contributed by atoms with Crippen molar-refractivity contribution < 1.29 is 34.6 Å². The van der Waals surface area contributed by atoms with Gasteiger partial charge in [0, 0.05) is 6.20 Å². The molecule has 0 spiro atoms. The third-order valence-electron chi connectivity index (χ3n) is 2.18. The molecule has 0 saturated heterocycles. The molecule has 0 radical (unpaired) electrons. The first-order chi connectivity index (χ1) is 10.5. The van der Waals surface area contributed by atoms with Crippen LogP contribution in [0, 0.1) is 0 Å². The van der Waals surface area contributed by atoms with E-state index in [2.05, 4.69) is 15.8 Å². The summed E-state index contributed by atoms with van der Waals surface area (Å²) in [4.78, 5) is 11.7. The van der Waals surface area contributed by atoms with Crippen molar-refractivity contribution in [1.29, 1.82) is 0 Å². The number of aromatic nitrogens is 1. The zero-order valence-electron chi connectivity index (χ0n) is 13.1. The first kappa shape index (κ1) is 20.0. The zero-order valence-corrected chi connectivity index (χ0v) is 14.0. The molecular weight excluding hydrogens is 365 g/mol. The first-order valence-electron chi connectivity index (χ1n) is 6.27. The second-order valence-electron chi connectivity index (χ2n) is 5.04. The molecule has 0 aromatic carbocycles. The van der Waals surface area contributed by atoms with E-state index in [9.17, 15) is 25.2 Å². The molecule has 1 aliphatic rings.